The van der Waals surface area contributed by atoms with Crippen molar-refractivity contribution in [3.8, 4) is 11.5 Å². The molecule has 0 unspecified atom stereocenters. The summed E-state index contributed by atoms with van der Waals surface area (Å²) in [7, 11) is 3.34. The van der Waals surface area contributed by atoms with Crippen molar-refractivity contribution < 1.29 is 23.8 Å². The van der Waals surface area contributed by atoms with E-state index in [1.54, 1.807) is 60.0 Å². The van der Waals surface area contributed by atoms with Crippen LogP contribution in [0.5, 0.6) is 11.5 Å². The summed E-state index contributed by atoms with van der Waals surface area (Å²) in [4.78, 5) is 25.0. The van der Waals surface area contributed by atoms with Gasteiger partial charge in [-0.25, -0.2) is 10.2 Å². The molecule has 8 nitrogen and oxygen atoms in total. The number of hydrogen-bond acceptors (Lipinski definition) is 6. The third-order valence-electron chi connectivity index (χ3n) is 3.13. The summed E-state index contributed by atoms with van der Waals surface area (Å²) in [6, 6.07) is 5.15. The topological polar surface area (TPSA) is 89.5 Å². The Morgan fingerprint density at radius 1 is 1.26 bits per heavy atom. The highest BCUT2D eigenvalue weighted by Gasteiger charge is 2.19. The third-order valence-corrected chi connectivity index (χ3v) is 3.13. The summed E-state index contributed by atoms with van der Waals surface area (Å²) in [5.74, 6) is 0.790. The van der Waals surface area contributed by atoms with E-state index in [2.05, 4.69) is 10.5 Å². The van der Waals surface area contributed by atoms with E-state index >= 15 is 0 Å². The number of carbonyl (C=O) groups excluding carboxylic acids is 2. The monoisotopic (exact) mass is 379 g/mol. The number of hydrogen-bond donors (Lipinski definition) is 1. The first-order chi connectivity index (χ1) is 12.5. The molecule has 0 bridgehead atoms. The number of benzene rings is 1. The molecule has 0 aliphatic carbocycles. The van der Waals surface area contributed by atoms with E-state index < -0.39 is 17.8 Å². The minimum absolute atomic E-state index is 0.148. The van der Waals surface area contributed by atoms with Crippen molar-refractivity contribution in [1.29, 1.82) is 0 Å². The first kappa shape index (κ1) is 22.3. The van der Waals surface area contributed by atoms with Crippen LogP contribution in [-0.4, -0.2) is 55.5 Å². The second-order valence-electron chi connectivity index (χ2n) is 7.00. The van der Waals surface area contributed by atoms with Gasteiger partial charge in [-0.1, -0.05) is 0 Å². The number of nitrogens with one attached hydrogen (secondary N) is 1. The average Bonchev–Trinajstić information content (AvgIpc) is 2.54. The van der Waals surface area contributed by atoms with Crippen molar-refractivity contribution in [3.05, 3.63) is 23.8 Å². The molecule has 0 aliphatic heterocycles. The van der Waals surface area contributed by atoms with E-state index in [1.165, 1.54) is 11.1 Å². The predicted molar refractivity (Wildman–Crippen MR) is 103 cm³/mol. The molecule has 0 aliphatic rings. The van der Waals surface area contributed by atoms with Gasteiger partial charge < -0.3 is 19.1 Å². The van der Waals surface area contributed by atoms with Gasteiger partial charge in [0.05, 0.1) is 12.8 Å². The first-order valence-electron chi connectivity index (χ1n) is 8.70. The first-order valence-corrected chi connectivity index (χ1v) is 8.70. The number of carbonyl (C=O) groups is 2. The van der Waals surface area contributed by atoms with Gasteiger partial charge >= 0.3 is 6.09 Å². The van der Waals surface area contributed by atoms with E-state index in [1.807, 2.05) is 6.92 Å². The second kappa shape index (κ2) is 9.80. The van der Waals surface area contributed by atoms with Crippen LogP contribution in [0.3, 0.4) is 0 Å². The van der Waals surface area contributed by atoms with Gasteiger partial charge in [0, 0.05) is 14.1 Å². The summed E-state index contributed by atoms with van der Waals surface area (Å²) < 4.78 is 16.4. The van der Waals surface area contributed by atoms with Crippen molar-refractivity contribution in [3.63, 3.8) is 0 Å². The number of nitrogens with zero attached hydrogens (tertiary/aromatic N) is 2. The Bertz CT molecular complexity index is 680. The third kappa shape index (κ3) is 7.98. The molecule has 8 heteroatoms. The van der Waals surface area contributed by atoms with Crippen molar-refractivity contribution >= 4 is 18.2 Å². The van der Waals surface area contributed by atoms with Crippen molar-refractivity contribution in [2.45, 2.75) is 46.3 Å². The quantitative estimate of drug-likeness (QED) is 0.581. The van der Waals surface area contributed by atoms with Gasteiger partial charge in [0.15, 0.2) is 17.6 Å². The van der Waals surface area contributed by atoms with Crippen LogP contribution < -0.4 is 14.9 Å². The molecule has 0 saturated carbocycles. The zero-order valence-electron chi connectivity index (χ0n) is 17.0. The second-order valence-corrected chi connectivity index (χ2v) is 7.00. The van der Waals surface area contributed by atoms with Crippen molar-refractivity contribution in [2.75, 3.05) is 20.7 Å². The van der Waals surface area contributed by atoms with Gasteiger partial charge in [-0.15, -0.1) is 0 Å². The van der Waals surface area contributed by atoms with Crippen molar-refractivity contribution in [1.82, 2.24) is 10.3 Å². The maximum atomic E-state index is 12.0. The van der Waals surface area contributed by atoms with Crippen LogP contribution in [0.2, 0.25) is 0 Å². The molecule has 1 atom stereocenters. The average molecular weight is 379 g/mol. The summed E-state index contributed by atoms with van der Waals surface area (Å²) in [6.45, 7) is 9.27. The van der Waals surface area contributed by atoms with Crippen LogP contribution in [0, 0.1) is 0 Å². The molecule has 0 spiro atoms. The molecule has 1 aromatic rings. The van der Waals surface area contributed by atoms with Gasteiger partial charge in [-0.05, 0) is 58.4 Å². The van der Waals surface area contributed by atoms with Crippen LogP contribution in [0.15, 0.2) is 23.3 Å². The van der Waals surface area contributed by atoms with Crippen LogP contribution in [-0.2, 0) is 9.53 Å². The molecule has 0 saturated heterocycles. The molecular formula is C19H29N3O5. The standard InChI is InChI=1S/C19H29N3O5/c1-8-25-16-11-14(12-20-21-18(24)27-19(3,4)5)9-10-15(16)26-13(2)17(23)22(6)7/h9-13H,8H2,1-7H3,(H,21,24)/b20-12-/t13-/m0/s1. The van der Waals surface area contributed by atoms with E-state index in [-0.39, 0.29) is 5.91 Å². The Morgan fingerprint density at radius 3 is 2.48 bits per heavy atom. The summed E-state index contributed by atoms with van der Waals surface area (Å²) in [5.41, 5.74) is 2.39. The number of likely N-dealkylation sites (N-methyl/N-ethyl adjacent to an activating group) is 1. The van der Waals surface area contributed by atoms with Crippen LogP contribution in [0.4, 0.5) is 4.79 Å². The fraction of sp³-hybridized carbons (Fsp3) is 0.526. The summed E-state index contributed by atoms with van der Waals surface area (Å²) in [6.07, 6.45) is 0.178. The van der Waals surface area contributed by atoms with Crippen molar-refractivity contribution in [2.24, 2.45) is 5.10 Å². The van der Waals surface area contributed by atoms with Gasteiger partial charge in [0.25, 0.3) is 5.91 Å². The van der Waals surface area contributed by atoms with E-state index in [0.717, 1.165) is 0 Å². The molecule has 1 aromatic carbocycles. The number of hydrazone groups is 1. The minimum Gasteiger partial charge on any atom is -0.490 e. The Morgan fingerprint density at radius 2 is 1.93 bits per heavy atom. The maximum Gasteiger partial charge on any atom is 0.428 e. The lowest BCUT2D eigenvalue weighted by Gasteiger charge is -2.20. The molecule has 1 N–H and O–H groups in total. The molecule has 1 rings (SSSR count). The number of ether oxygens (including phenoxy) is 3. The number of rotatable bonds is 7. The normalized spacial score (nSPS) is 12.4. The van der Waals surface area contributed by atoms with Gasteiger partial charge in [0.2, 0.25) is 0 Å². The minimum atomic E-state index is -0.646. The summed E-state index contributed by atoms with van der Waals surface area (Å²) >= 11 is 0. The Labute approximate surface area is 160 Å². The lowest BCUT2D eigenvalue weighted by molar-refractivity contribution is -0.135. The molecule has 2 amide bonds. The van der Waals surface area contributed by atoms with Crippen LogP contribution in [0.1, 0.15) is 40.2 Å². The predicted octanol–water partition coefficient (Wildman–Crippen LogP) is 2.80. The SMILES string of the molecule is CCOc1cc(/C=N\NC(=O)OC(C)(C)C)ccc1O[C@@H](C)C(=O)N(C)C. The highest BCUT2D eigenvalue weighted by Crippen LogP contribution is 2.29. The zero-order chi connectivity index (χ0) is 20.6. The van der Waals surface area contributed by atoms with Crippen LogP contribution in [0.25, 0.3) is 0 Å². The lowest BCUT2D eigenvalue weighted by atomic mass is 10.2. The maximum absolute atomic E-state index is 12.0. The molecule has 0 heterocycles. The molecule has 0 aromatic heterocycles. The highest BCUT2D eigenvalue weighted by atomic mass is 16.6. The summed E-state index contributed by atoms with van der Waals surface area (Å²) in [5, 5.41) is 3.86. The van der Waals surface area contributed by atoms with E-state index in [0.29, 0.717) is 23.7 Å². The Balaban J connectivity index is 2.84. The fourth-order valence-corrected chi connectivity index (χ4v) is 2.04. The molecule has 0 fully saturated rings. The molecule has 150 valence electrons. The van der Waals surface area contributed by atoms with Gasteiger partial charge in [0.1, 0.15) is 5.60 Å². The molecular weight excluding hydrogens is 350 g/mol. The Hall–Kier alpha value is -2.77. The lowest BCUT2D eigenvalue weighted by Crippen LogP contribution is -2.35. The van der Waals surface area contributed by atoms with Crippen LogP contribution >= 0.6 is 0 Å². The largest absolute Gasteiger partial charge is 0.490 e. The molecule has 0 radical (unpaired) electrons. The van der Waals surface area contributed by atoms with E-state index in [4.69, 9.17) is 14.2 Å². The van der Waals surface area contributed by atoms with Gasteiger partial charge in [-0.2, -0.15) is 5.10 Å². The number of amides is 2. The molecule has 27 heavy (non-hydrogen) atoms. The smallest absolute Gasteiger partial charge is 0.428 e. The zero-order valence-corrected chi connectivity index (χ0v) is 17.0. The van der Waals surface area contributed by atoms with E-state index in [9.17, 15) is 9.59 Å². The fourth-order valence-electron chi connectivity index (χ4n) is 2.04. The van der Waals surface area contributed by atoms with Gasteiger partial charge in [-0.3, -0.25) is 4.79 Å². The Kier molecular flexibility index (Phi) is 8.08. The highest BCUT2D eigenvalue weighted by molar-refractivity contribution is 5.82.